The van der Waals surface area contributed by atoms with Crippen LogP contribution >= 0.6 is 0 Å². The van der Waals surface area contributed by atoms with Crippen LogP contribution in [0.1, 0.15) is 24.8 Å². The van der Waals surface area contributed by atoms with E-state index in [1.165, 1.54) is 29.1 Å². The molecule has 3 aromatic heterocycles. The maximum Gasteiger partial charge on any atom is 0.388 e. The Labute approximate surface area is 181 Å². The average Bonchev–Trinajstić information content (AvgIpc) is 3.22. The molecule has 9 nitrogen and oxygen atoms in total. The maximum atomic E-state index is 12.2. The third-order valence-electron chi connectivity index (χ3n) is 5.04. The van der Waals surface area contributed by atoms with Crippen molar-refractivity contribution < 1.29 is 13.5 Å². The molecule has 2 N–H and O–H groups in total. The molecule has 0 radical (unpaired) electrons. The van der Waals surface area contributed by atoms with E-state index in [1.807, 2.05) is 6.07 Å². The molecule has 1 fully saturated rings. The van der Waals surface area contributed by atoms with Gasteiger partial charge in [-0.15, -0.1) is 0 Å². The summed E-state index contributed by atoms with van der Waals surface area (Å²) in [7, 11) is 0. The number of nitriles is 1. The highest BCUT2D eigenvalue weighted by molar-refractivity contribution is 5.43. The third-order valence-corrected chi connectivity index (χ3v) is 5.04. The highest BCUT2D eigenvalue weighted by Gasteiger charge is 2.25. The molecule has 0 amide bonds. The fourth-order valence-corrected chi connectivity index (χ4v) is 3.57. The Kier molecular flexibility index (Phi) is 6.21. The second-order valence-electron chi connectivity index (χ2n) is 7.25. The van der Waals surface area contributed by atoms with Crippen molar-refractivity contribution in [1.82, 2.24) is 19.5 Å². The van der Waals surface area contributed by atoms with Crippen molar-refractivity contribution in [2.75, 3.05) is 10.6 Å². The summed E-state index contributed by atoms with van der Waals surface area (Å²) in [6.07, 6.45) is 8.19. The monoisotopic (exact) mass is 439 g/mol. The van der Waals surface area contributed by atoms with Crippen molar-refractivity contribution in [3.05, 3.63) is 65.0 Å². The third kappa shape index (κ3) is 5.15. The highest BCUT2D eigenvalue weighted by atomic mass is 19.3. The van der Waals surface area contributed by atoms with Gasteiger partial charge in [0.15, 0.2) is 0 Å². The van der Waals surface area contributed by atoms with Gasteiger partial charge in [-0.05, 0) is 37.5 Å². The Morgan fingerprint density at radius 1 is 1.03 bits per heavy atom. The molecule has 2 atom stereocenters. The van der Waals surface area contributed by atoms with Crippen molar-refractivity contribution in [2.45, 2.75) is 38.0 Å². The molecule has 1 aliphatic carbocycles. The number of rotatable bonds is 7. The van der Waals surface area contributed by atoms with Gasteiger partial charge in [-0.3, -0.25) is 9.36 Å². The van der Waals surface area contributed by atoms with E-state index < -0.39 is 6.61 Å². The summed E-state index contributed by atoms with van der Waals surface area (Å²) >= 11 is 0. The molecule has 0 unspecified atom stereocenters. The molecule has 11 heteroatoms. The van der Waals surface area contributed by atoms with Crippen LogP contribution in [0, 0.1) is 11.3 Å². The molecular weight excluding hydrogens is 420 g/mol. The smallest absolute Gasteiger partial charge is 0.388 e. The fourth-order valence-electron chi connectivity index (χ4n) is 3.57. The molecular formula is C21H19F2N7O2. The van der Waals surface area contributed by atoms with Crippen molar-refractivity contribution in [1.29, 1.82) is 5.26 Å². The van der Waals surface area contributed by atoms with E-state index in [0.29, 0.717) is 22.9 Å². The van der Waals surface area contributed by atoms with Gasteiger partial charge in [0.05, 0.1) is 29.8 Å². The van der Waals surface area contributed by atoms with Crippen molar-refractivity contribution in [3.63, 3.8) is 0 Å². The normalized spacial score (nSPS) is 17.7. The van der Waals surface area contributed by atoms with E-state index in [2.05, 4.69) is 30.3 Å². The van der Waals surface area contributed by atoms with Gasteiger partial charge < -0.3 is 15.4 Å². The molecule has 4 rings (SSSR count). The summed E-state index contributed by atoms with van der Waals surface area (Å²) in [6.45, 7) is -2.93. The number of alkyl halides is 2. The van der Waals surface area contributed by atoms with E-state index in [-0.39, 0.29) is 23.5 Å². The van der Waals surface area contributed by atoms with E-state index in [1.54, 1.807) is 18.3 Å². The number of pyridine rings is 2. The number of halogens is 2. The van der Waals surface area contributed by atoms with Gasteiger partial charge >= 0.3 is 6.61 Å². The molecule has 1 aliphatic rings. The average molecular weight is 439 g/mol. The summed E-state index contributed by atoms with van der Waals surface area (Å²) in [5, 5.41) is 15.6. The lowest BCUT2D eigenvalue weighted by molar-refractivity contribution is -0.0530. The zero-order valence-corrected chi connectivity index (χ0v) is 16.8. The standard InChI is InChI=1S/C21H19F2N7O2/c22-21(23)32-19-11-26-18(10-27-19)29-15-3-2-14(7-15)28-17-5-4-16(9-25-17)30-12-13(8-24)1-6-20(30)31/h1,4-6,9-12,14-15,21H,2-3,7H2,(H,25,28)(H,26,29)/t14-,15-/m0/s1. The Hall–Kier alpha value is -4.07. The Morgan fingerprint density at radius 3 is 2.41 bits per heavy atom. The number of anilines is 2. The summed E-state index contributed by atoms with van der Waals surface area (Å²) in [4.78, 5) is 24.3. The van der Waals surface area contributed by atoms with Crippen LogP contribution in [0.4, 0.5) is 20.4 Å². The van der Waals surface area contributed by atoms with Crippen LogP contribution in [0.5, 0.6) is 5.88 Å². The molecule has 0 aromatic carbocycles. The number of hydrogen-bond donors (Lipinski definition) is 2. The van der Waals surface area contributed by atoms with Crippen molar-refractivity contribution >= 4 is 11.6 Å². The highest BCUT2D eigenvalue weighted by Crippen LogP contribution is 2.25. The first-order valence-corrected chi connectivity index (χ1v) is 9.89. The van der Waals surface area contributed by atoms with Gasteiger partial charge in [0, 0.05) is 24.3 Å². The summed E-state index contributed by atoms with van der Waals surface area (Å²) < 4.78 is 29.9. The predicted octanol–water partition coefficient (Wildman–Crippen LogP) is 2.94. The van der Waals surface area contributed by atoms with Crippen LogP contribution in [0.2, 0.25) is 0 Å². The van der Waals surface area contributed by atoms with E-state index >= 15 is 0 Å². The largest absolute Gasteiger partial charge is 0.415 e. The van der Waals surface area contributed by atoms with E-state index in [9.17, 15) is 13.6 Å². The van der Waals surface area contributed by atoms with Gasteiger partial charge in [-0.2, -0.15) is 14.0 Å². The van der Waals surface area contributed by atoms with Gasteiger partial charge in [-0.25, -0.2) is 15.0 Å². The Bertz CT molecular complexity index is 1160. The lowest BCUT2D eigenvalue weighted by Gasteiger charge is -2.16. The van der Waals surface area contributed by atoms with Crippen LogP contribution in [0.3, 0.4) is 0 Å². The number of nitrogens with zero attached hydrogens (tertiary/aromatic N) is 5. The molecule has 0 saturated heterocycles. The maximum absolute atomic E-state index is 12.2. The number of aromatic nitrogens is 4. The minimum Gasteiger partial charge on any atom is -0.415 e. The van der Waals surface area contributed by atoms with Gasteiger partial charge in [0.25, 0.3) is 5.56 Å². The Balaban J connectivity index is 1.33. The first-order valence-electron chi connectivity index (χ1n) is 9.89. The molecule has 0 spiro atoms. The van der Waals surface area contributed by atoms with Crippen LogP contribution < -0.4 is 20.9 Å². The molecule has 3 aromatic rings. The number of ether oxygens (including phenoxy) is 1. The van der Waals surface area contributed by atoms with Gasteiger partial charge in [0.1, 0.15) is 17.7 Å². The number of hydrogen-bond acceptors (Lipinski definition) is 8. The minimum atomic E-state index is -2.93. The zero-order chi connectivity index (χ0) is 22.5. The SMILES string of the molecule is N#Cc1ccc(=O)n(-c2ccc(N[C@H]3CC[C@H](Nc4cnc(OC(F)F)cn4)C3)nc2)c1. The lowest BCUT2D eigenvalue weighted by Crippen LogP contribution is -2.22. The zero-order valence-electron chi connectivity index (χ0n) is 16.8. The van der Waals surface area contributed by atoms with E-state index in [0.717, 1.165) is 25.5 Å². The summed E-state index contributed by atoms with van der Waals surface area (Å²) in [5.41, 5.74) is 0.715. The van der Waals surface area contributed by atoms with Crippen LogP contribution in [-0.2, 0) is 0 Å². The van der Waals surface area contributed by atoms with Crippen LogP contribution in [0.25, 0.3) is 5.69 Å². The lowest BCUT2D eigenvalue weighted by atomic mass is 10.2. The van der Waals surface area contributed by atoms with Crippen LogP contribution in [0.15, 0.2) is 53.8 Å². The minimum absolute atomic E-state index is 0.148. The van der Waals surface area contributed by atoms with Crippen LogP contribution in [-0.4, -0.2) is 38.2 Å². The second-order valence-corrected chi connectivity index (χ2v) is 7.25. The first kappa shape index (κ1) is 21.2. The molecule has 0 aliphatic heterocycles. The summed E-state index contributed by atoms with van der Waals surface area (Å²) in [6, 6.07) is 8.72. The fraction of sp³-hybridized carbons (Fsp3) is 0.286. The van der Waals surface area contributed by atoms with E-state index in [4.69, 9.17) is 5.26 Å². The Morgan fingerprint density at radius 2 is 1.78 bits per heavy atom. The first-order chi connectivity index (χ1) is 15.5. The number of nitrogens with one attached hydrogen (secondary N) is 2. The molecule has 0 bridgehead atoms. The van der Waals surface area contributed by atoms with Gasteiger partial charge in [0.2, 0.25) is 5.88 Å². The topological polar surface area (TPSA) is 118 Å². The second kappa shape index (κ2) is 9.38. The van der Waals surface area contributed by atoms with Crippen molar-refractivity contribution in [3.8, 4) is 17.6 Å². The molecule has 1 saturated carbocycles. The quantitative estimate of drug-likeness (QED) is 0.577. The molecule has 164 valence electrons. The predicted molar refractivity (Wildman–Crippen MR) is 112 cm³/mol. The van der Waals surface area contributed by atoms with Crippen molar-refractivity contribution in [2.24, 2.45) is 0 Å². The summed E-state index contributed by atoms with van der Waals surface area (Å²) in [5.74, 6) is 0.939. The van der Waals surface area contributed by atoms with Gasteiger partial charge in [-0.1, -0.05) is 0 Å². The molecule has 3 heterocycles. The molecule has 32 heavy (non-hydrogen) atoms.